The number of aromatic nitrogens is 1. The average Bonchev–Trinajstić information content (AvgIpc) is 2.69. The summed E-state index contributed by atoms with van der Waals surface area (Å²) in [5.41, 5.74) is 0. The molecule has 0 aliphatic rings. The average molecular weight is 197 g/mol. The molecule has 1 aromatic heterocycles. The normalized spacial score (nSPS) is 15.4. The summed E-state index contributed by atoms with van der Waals surface area (Å²) in [6.45, 7) is 5.07. The third-order valence-corrected chi connectivity index (χ3v) is 2.37. The number of hydrogen-bond acceptors (Lipinski definition) is 2. The van der Waals surface area contributed by atoms with Gasteiger partial charge in [0.1, 0.15) is 0 Å². The van der Waals surface area contributed by atoms with Gasteiger partial charge in [0.25, 0.3) is 0 Å². The van der Waals surface area contributed by atoms with Crippen LogP contribution >= 0.6 is 0 Å². The fraction of sp³-hybridized carbons (Fsp3) is 0.636. The molecular weight excluding hydrogens is 178 g/mol. The molecule has 0 spiro atoms. The highest BCUT2D eigenvalue weighted by Crippen LogP contribution is 2.16. The Morgan fingerprint density at radius 1 is 1.29 bits per heavy atom. The highest BCUT2D eigenvalue weighted by atomic mass is 16.5. The van der Waals surface area contributed by atoms with Crippen LogP contribution in [0.4, 0.5) is 0 Å². The molecule has 0 saturated carbocycles. The maximum Gasteiger partial charge on any atom is 0.0979 e. The molecule has 1 aromatic rings. The summed E-state index contributed by atoms with van der Waals surface area (Å²) >= 11 is 0. The van der Waals surface area contributed by atoms with Crippen molar-refractivity contribution in [1.29, 1.82) is 0 Å². The highest BCUT2D eigenvalue weighted by Gasteiger charge is 2.17. The molecule has 14 heavy (non-hydrogen) atoms. The van der Waals surface area contributed by atoms with Crippen LogP contribution in [0.5, 0.6) is 0 Å². The SMILES string of the molecule is CCOCC(O)C(CC)n1cccc1. The zero-order chi connectivity index (χ0) is 10.4. The van der Waals surface area contributed by atoms with Crippen LogP contribution in [0.3, 0.4) is 0 Å². The van der Waals surface area contributed by atoms with E-state index in [4.69, 9.17) is 4.74 Å². The zero-order valence-electron chi connectivity index (χ0n) is 8.89. The molecule has 0 fully saturated rings. The molecule has 80 valence electrons. The lowest BCUT2D eigenvalue weighted by Gasteiger charge is -2.23. The fourth-order valence-electron chi connectivity index (χ4n) is 1.60. The molecule has 0 radical (unpaired) electrons. The van der Waals surface area contributed by atoms with Crippen LogP contribution in [-0.2, 0) is 4.74 Å². The molecule has 3 nitrogen and oxygen atoms in total. The van der Waals surface area contributed by atoms with E-state index in [1.807, 2.05) is 36.0 Å². The van der Waals surface area contributed by atoms with Gasteiger partial charge in [-0.25, -0.2) is 0 Å². The van der Waals surface area contributed by atoms with Crippen LogP contribution in [0.1, 0.15) is 26.3 Å². The number of ether oxygens (including phenoxy) is 1. The van der Waals surface area contributed by atoms with Gasteiger partial charge in [-0.3, -0.25) is 0 Å². The van der Waals surface area contributed by atoms with Gasteiger partial charge < -0.3 is 14.4 Å². The van der Waals surface area contributed by atoms with E-state index in [0.717, 1.165) is 6.42 Å². The standard InChI is InChI=1S/C11H19NO2/c1-3-10(11(13)9-14-4-2)12-7-5-6-8-12/h5-8,10-11,13H,3-4,9H2,1-2H3. The van der Waals surface area contributed by atoms with Gasteiger partial charge in [-0.2, -0.15) is 0 Å². The lowest BCUT2D eigenvalue weighted by Crippen LogP contribution is -2.27. The van der Waals surface area contributed by atoms with E-state index in [9.17, 15) is 5.11 Å². The van der Waals surface area contributed by atoms with Crippen molar-refractivity contribution < 1.29 is 9.84 Å². The molecule has 1 N–H and O–H groups in total. The molecule has 1 heterocycles. The van der Waals surface area contributed by atoms with Gasteiger partial charge in [0, 0.05) is 19.0 Å². The number of rotatable bonds is 6. The Labute approximate surface area is 85.3 Å². The van der Waals surface area contributed by atoms with E-state index in [1.165, 1.54) is 0 Å². The van der Waals surface area contributed by atoms with E-state index >= 15 is 0 Å². The molecule has 1 rings (SSSR count). The van der Waals surface area contributed by atoms with Crippen LogP contribution in [0, 0.1) is 0 Å². The van der Waals surface area contributed by atoms with E-state index < -0.39 is 6.10 Å². The third-order valence-electron chi connectivity index (χ3n) is 2.37. The first-order valence-electron chi connectivity index (χ1n) is 5.17. The molecule has 2 atom stereocenters. The first kappa shape index (κ1) is 11.3. The van der Waals surface area contributed by atoms with Crippen molar-refractivity contribution in [1.82, 2.24) is 4.57 Å². The van der Waals surface area contributed by atoms with Crippen molar-refractivity contribution in [3.05, 3.63) is 24.5 Å². The van der Waals surface area contributed by atoms with Gasteiger partial charge in [0.05, 0.1) is 18.8 Å². The quantitative estimate of drug-likeness (QED) is 0.755. The second kappa shape index (κ2) is 5.83. The number of hydrogen-bond donors (Lipinski definition) is 1. The van der Waals surface area contributed by atoms with Crippen molar-refractivity contribution in [2.75, 3.05) is 13.2 Å². The molecule has 2 unspecified atom stereocenters. The molecule has 0 saturated heterocycles. The van der Waals surface area contributed by atoms with Gasteiger partial charge in [-0.05, 0) is 25.5 Å². The third kappa shape index (κ3) is 2.86. The highest BCUT2D eigenvalue weighted by molar-refractivity contribution is 4.94. The lowest BCUT2D eigenvalue weighted by molar-refractivity contribution is 0.0116. The van der Waals surface area contributed by atoms with Gasteiger partial charge in [-0.1, -0.05) is 6.92 Å². The molecule has 0 aliphatic heterocycles. The minimum atomic E-state index is -0.424. The Bertz CT molecular complexity index is 233. The van der Waals surface area contributed by atoms with E-state index in [1.54, 1.807) is 0 Å². The predicted octanol–water partition coefficient (Wildman–Crippen LogP) is 1.84. The van der Waals surface area contributed by atoms with E-state index in [-0.39, 0.29) is 6.04 Å². The number of aliphatic hydroxyl groups excluding tert-OH is 1. The maximum absolute atomic E-state index is 9.87. The van der Waals surface area contributed by atoms with Crippen molar-refractivity contribution in [3.8, 4) is 0 Å². The molecule has 0 aliphatic carbocycles. The fourth-order valence-corrected chi connectivity index (χ4v) is 1.60. The topological polar surface area (TPSA) is 34.4 Å². The summed E-state index contributed by atoms with van der Waals surface area (Å²) in [5, 5.41) is 9.87. The Balaban J connectivity index is 2.53. The smallest absolute Gasteiger partial charge is 0.0979 e. The van der Waals surface area contributed by atoms with Crippen LogP contribution < -0.4 is 0 Å². The summed E-state index contributed by atoms with van der Waals surface area (Å²) in [6, 6.07) is 4.06. The summed E-state index contributed by atoms with van der Waals surface area (Å²) in [5.74, 6) is 0. The Morgan fingerprint density at radius 3 is 2.43 bits per heavy atom. The Morgan fingerprint density at radius 2 is 1.93 bits per heavy atom. The number of nitrogens with zero attached hydrogens (tertiary/aromatic N) is 1. The summed E-state index contributed by atoms with van der Waals surface area (Å²) in [6.07, 6.45) is 4.43. The first-order chi connectivity index (χ1) is 6.79. The van der Waals surface area contributed by atoms with Gasteiger partial charge in [0.15, 0.2) is 0 Å². The van der Waals surface area contributed by atoms with E-state index in [2.05, 4.69) is 6.92 Å². The number of aliphatic hydroxyl groups is 1. The second-order valence-corrected chi connectivity index (χ2v) is 3.33. The van der Waals surface area contributed by atoms with Gasteiger partial charge >= 0.3 is 0 Å². The second-order valence-electron chi connectivity index (χ2n) is 3.33. The first-order valence-corrected chi connectivity index (χ1v) is 5.17. The van der Waals surface area contributed by atoms with Crippen molar-refractivity contribution in [2.45, 2.75) is 32.4 Å². The predicted molar refractivity (Wildman–Crippen MR) is 56.3 cm³/mol. The largest absolute Gasteiger partial charge is 0.389 e. The van der Waals surface area contributed by atoms with Crippen LogP contribution in [0.2, 0.25) is 0 Å². The molecule has 0 aromatic carbocycles. The van der Waals surface area contributed by atoms with Crippen molar-refractivity contribution in [3.63, 3.8) is 0 Å². The van der Waals surface area contributed by atoms with Crippen LogP contribution in [-0.4, -0.2) is 29.0 Å². The van der Waals surface area contributed by atoms with Gasteiger partial charge in [0.2, 0.25) is 0 Å². The van der Waals surface area contributed by atoms with Crippen molar-refractivity contribution >= 4 is 0 Å². The minimum absolute atomic E-state index is 0.122. The lowest BCUT2D eigenvalue weighted by atomic mass is 10.1. The molecule has 0 amide bonds. The summed E-state index contributed by atoms with van der Waals surface area (Å²) in [4.78, 5) is 0. The summed E-state index contributed by atoms with van der Waals surface area (Å²) in [7, 11) is 0. The minimum Gasteiger partial charge on any atom is -0.389 e. The molecule has 3 heteroatoms. The van der Waals surface area contributed by atoms with E-state index in [0.29, 0.717) is 13.2 Å². The molecule has 0 bridgehead atoms. The Hall–Kier alpha value is -0.800. The van der Waals surface area contributed by atoms with Gasteiger partial charge in [-0.15, -0.1) is 0 Å². The van der Waals surface area contributed by atoms with Crippen LogP contribution in [0.25, 0.3) is 0 Å². The van der Waals surface area contributed by atoms with Crippen LogP contribution in [0.15, 0.2) is 24.5 Å². The summed E-state index contributed by atoms with van der Waals surface area (Å²) < 4.78 is 7.24. The monoisotopic (exact) mass is 197 g/mol. The maximum atomic E-state index is 9.87. The van der Waals surface area contributed by atoms with Crippen molar-refractivity contribution in [2.24, 2.45) is 0 Å². The zero-order valence-corrected chi connectivity index (χ0v) is 8.89. The Kier molecular flexibility index (Phi) is 4.70. The molecular formula is C11H19NO2.